The number of morpholine rings is 1. The van der Waals surface area contributed by atoms with Crippen LogP contribution < -0.4 is 15.4 Å². The molecule has 3 atom stereocenters. The van der Waals surface area contributed by atoms with E-state index in [0.29, 0.717) is 17.9 Å². The Morgan fingerprint density at radius 3 is 2.44 bits per heavy atom. The van der Waals surface area contributed by atoms with Crippen molar-refractivity contribution in [1.29, 1.82) is 0 Å². The van der Waals surface area contributed by atoms with Crippen LogP contribution in [0.4, 0.5) is 0 Å². The molecule has 2 heterocycles. The molecule has 0 aliphatic carbocycles. The van der Waals surface area contributed by atoms with Gasteiger partial charge in [0, 0.05) is 45.2 Å². The summed E-state index contributed by atoms with van der Waals surface area (Å²) >= 11 is 0. The van der Waals surface area contributed by atoms with E-state index in [1.807, 2.05) is 19.2 Å². The molecule has 0 radical (unpaired) electrons. The molecule has 3 rings (SSSR count). The van der Waals surface area contributed by atoms with Gasteiger partial charge in [-0.2, -0.15) is 0 Å². The average molecular weight is 561 g/mol. The van der Waals surface area contributed by atoms with Crippen LogP contribution in [0.3, 0.4) is 0 Å². The number of hydrogen-bond donors (Lipinski definition) is 2. The van der Waals surface area contributed by atoms with E-state index in [0.717, 1.165) is 70.8 Å². The van der Waals surface area contributed by atoms with Crippen LogP contribution in [-0.2, 0) is 9.47 Å². The summed E-state index contributed by atoms with van der Waals surface area (Å²) in [7, 11) is 1.83. The minimum Gasteiger partial charge on any atom is -0.493 e. The Kier molecular flexibility index (Phi) is 12.1. The molecule has 0 aromatic heterocycles. The van der Waals surface area contributed by atoms with Gasteiger partial charge in [-0.25, -0.2) is 0 Å². The second kappa shape index (κ2) is 14.2. The van der Waals surface area contributed by atoms with E-state index in [9.17, 15) is 0 Å². The summed E-state index contributed by atoms with van der Waals surface area (Å²) in [4.78, 5) is 7.00. The van der Waals surface area contributed by atoms with Gasteiger partial charge in [0.2, 0.25) is 0 Å². The molecule has 0 bridgehead atoms. The SMILES string of the molecule is CN=C(NCC(C1CCOC1)N1CCOCC1)NC(C)c1ccc(OCC(C)C)cc1.I. The Hall–Kier alpha value is -1.10. The molecule has 0 amide bonds. The van der Waals surface area contributed by atoms with Gasteiger partial charge in [0.25, 0.3) is 0 Å². The van der Waals surface area contributed by atoms with E-state index in [-0.39, 0.29) is 30.0 Å². The van der Waals surface area contributed by atoms with E-state index in [2.05, 4.69) is 53.4 Å². The van der Waals surface area contributed by atoms with Gasteiger partial charge in [-0.3, -0.25) is 9.89 Å². The van der Waals surface area contributed by atoms with Gasteiger partial charge in [0.15, 0.2) is 5.96 Å². The molecule has 182 valence electrons. The molecule has 2 saturated heterocycles. The zero-order valence-electron chi connectivity index (χ0n) is 20.0. The molecule has 2 N–H and O–H groups in total. The van der Waals surface area contributed by atoms with E-state index in [1.54, 1.807) is 0 Å². The lowest BCUT2D eigenvalue weighted by molar-refractivity contribution is 0.00246. The first-order valence-corrected chi connectivity index (χ1v) is 11.7. The summed E-state index contributed by atoms with van der Waals surface area (Å²) in [5.74, 6) is 2.82. The molecule has 2 fully saturated rings. The summed E-state index contributed by atoms with van der Waals surface area (Å²) in [5.41, 5.74) is 1.20. The van der Waals surface area contributed by atoms with Gasteiger partial charge in [-0.05, 0) is 37.0 Å². The Morgan fingerprint density at radius 1 is 1.12 bits per heavy atom. The minimum atomic E-state index is 0. The van der Waals surface area contributed by atoms with Gasteiger partial charge in [-0.1, -0.05) is 26.0 Å². The van der Waals surface area contributed by atoms with Crippen molar-refractivity contribution in [2.24, 2.45) is 16.8 Å². The van der Waals surface area contributed by atoms with Crippen molar-refractivity contribution in [2.75, 3.05) is 59.7 Å². The fraction of sp³-hybridized carbons (Fsp3) is 0.708. The number of benzene rings is 1. The molecule has 0 saturated carbocycles. The fourth-order valence-corrected chi connectivity index (χ4v) is 4.16. The van der Waals surface area contributed by atoms with Crippen molar-refractivity contribution in [3.63, 3.8) is 0 Å². The van der Waals surface area contributed by atoms with E-state index in [4.69, 9.17) is 14.2 Å². The third-order valence-electron chi connectivity index (χ3n) is 6.04. The highest BCUT2D eigenvalue weighted by Gasteiger charge is 2.31. The zero-order valence-corrected chi connectivity index (χ0v) is 22.3. The molecule has 3 unspecified atom stereocenters. The first-order valence-electron chi connectivity index (χ1n) is 11.7. The largest absolute Gasteiger partial charge is 0.493 e. The summed E-state index contributed by atoms with van der Waals surface area (Å²) in [6.07, 6.45) is 1.12. The number of rotatable bonds is 9. The van der Waals surface area contributed by atoms with Crippen LogP contribution in [0.2, 0.25) is 0 Å². The Morgan fingerprint density at radius 2 is 1.84 bits per heavy atom. The highest BCUT2D eigenvalue weighted by Crippen LogP contribution is 2.22. The van der Waals surface area contributed by atoms with Crippen LogP contribution in [0, 0.1) is 11.8 Å². The second-order valence-corrected chi connectivity index (χ2v) is 8.93. The highest BCUT2D eigenvalue weighted by atomic mass is 127. The van der Waals surface area contributed by atoms with Gasteiger partial charge in [0.05, 0.1) is 32.5 Å². The quantitative estimate of drug-likeness (QED) is 0.275. The number of hydrogen-bond acceptors (Lipinski definition) is 5. The number of halogens is 1. The normalized spacial score (nSPS) is 21.7. The average Bonchev–Trinajstić information content (AvgIpc) is 3.32. The summed E-state index contributed by atoms with van der Waals surface area (Å²) in [6, 6.07) is 8.89. The Labute approximate surface area is 210 Å². The second-order valence-electron chi connectivity index (χ2n) is 8.93. The van der Waals surface area contributed by atoms with E-state index in [1.165, 1.54) is 5.56 Å². The number of aliphatic imine (C=N–C) groups is 1. The maximum absolute atomic E-state index is 5.80. The molecule has 2 aliphatic rings. The summed E-state index contributed by atoms with van der Waals surface area (Å²) in [5, 5.41) is 7.09. The molecular formula is C24H41IN4O3. The monoisotopic (exact) mass is 560 g/mol. The van der Waals surface area contributed by atoms with Gasteiger partial charge < -0.3 is 24.8 Å². The topological polar surface area (TPSA) is 67.4 Å². The Bertz CT molecular complexity index is 674. The molecule has 2 aliphatic heterocycles. The lowest BCUT2D eigenvalue weighted by Crippen LogP contribution is -2.53. The molecule has 7 nitrogen and oxygen atoms in total. The van der Waals surface area contributed by atoms with E-state index >= 15 is 0 Å². The van der Waals surface area contributed by atoms with Crippen LogP contribution in [0.1, 0.15) is 38.8 Å². The number of ether oxygens (including phenoxy) is 3. The van der Waals surface area contributed by atoms with Crippen LogP contribution in [-0.4, -0.2) is 76.6 Å². The van der Waals surface area contributed by atoms with Crippen molar-refractivity contribution in [2.45, 2.75) is 39.3 Å². The molecule has 8 heteroatoms. The van der Waals surface area contributed by atoms with Crippen LogP contribution >= 0.6 is 24.0 Å². The number of nitrogens with zero attached hydrogens (tertiary/aromatic N) is 2. The van der Waals surface area contributed by atoms with Crippen LogP contribution in [0.15, 0.2) is 29.3 Å². The summed E-state index contributed by atoms with van der Waals surface area (Å²) in [6.45, 7) is 13.3. The molecule has 1 aromatic rings. The Balaban J connectivity index is 0.00000363. The maximum atomic E-state index is 5.80. The smallest absolute Gasteiger partial charge is 0.191 e. The summed E-state index contributed by atoms with van der Waals surface area (Å²) < 4.78 is 17.0. The molecular weight excluding hydrogens is 519 g/mol. The number of guanidine groups is 1. The third kappa shape index (κ3) is 8.35. The van der Waals surface area contributed by atoms with Gasteiger partial charge in [-0.15, -0.1) is 24.0 Å². The van der Waals surface area contributed by atoms with Crippen molar-refractivity contribution >= 4 is 29.9 Å². The lowest BCUT2D eigenvalue weighted by atomic mass is 9.97. The third-order valence-corrected chi connectivity index (χ3v) is 6.04. The number of nitrogens with one attached hydrogen (secondary N) is 2. The fourth-order valence-electron chi connectivity index (χ4n) is 4.16. The van der Waals surface area contributed by atoms with Crippen LogP contribution in [0.5, 0.6) is 5.75 Å². The van der Waals surface area contributed by atoms with E-state index < -0.39 is 0 Å². The van der Waals surface area contributed by atoms with Crippen molar-refractivity contribution in [3.05, 3.63) is 29.8 Å². The van der Waals surface area contributed by atoms with Crippen molar-refractivity contribution in [3.8, 4) is 5.75 Å². The van der Waals surface area contributed by atoms with Gasteiger partial charge in [0.1, 0.15) is 5.75 Å². The standard InChI is InChI=1S/C24H40N4O3.HI/c1-18(2)16-31-22-7-5-20(6-8-22)19(3)27-24(25-4)26-15-23(21-9-12-30-17-21)28-10-13-29-14-11-28;/h5-8,18-19,21,23H,9-17H2,1-4H3,(H2,25,26,27);1H. The van der Waals surface area contributed by atoms with Gasteiger partial charge >= 0.3 is 0 Å². The van der Waals surface area contributed by atoms with Crippen molar-refractivity contribution < 1.29 is 14.2 Å². The van der Waals surface area contributed by atoms with Crippen LogP contribution in [0.25, 0.3) is 0 Å². The first-order chi connectivity index (χ1) is 15.1. The molecule has 32 heavy (non-hydrogen) atoms. The molecule has 0 spiro atoms. The lowest BCUT2D eigenvalue weighted by Gasteiger charge is -2.37. The highest BCUT2D eigenvalue weighted by molar-refractivity contribution is 14.0. The molecule has 1 aromatic carbocycles. The minimum absolute atomic E-state index is 0. The maximum Gasteiger partial charge on any atom is 0.191 e. The first kappa shape index (κ1) is 27.1. The predicted molar refractivity (Wildman–Crippen MR) is 140 cm³/mol. The predicted octanol–water partition coefficient (Wildman–Crippen LogP) is 3.30. The zero-order chi connectivity index (χ0) is 22.1. The van der Waals surface area contributed by atoms with Crippen molar-refractivity contribution in [1.82, 2.24) is 15.5 Å².